The maximum absolute atomic E-state index is 12.2. The Labute approximate surface area is 153 Å². The normalized spacial score (nSPS) is 10.8. The van der Waals surface area contributed by atoms with Crippen molar-refractivity contribution < 1.29 is 19.1 Å². The molecule has 0 unspecified atom stereocenters. The van der Waals surface area contributed by atoms with Crippen LogP contribution in [-0.2, 0) is 16.0 Å². The molecular weight excluding hydrogens is 332 g/mol. The molecule has 0 atom stereocenters. The molecule has 0 fully saturated rings. The Morgan fingerprint density at radius 2 is 1.62 bits per heavy atom. The van der Waals surface area contributed by atoms with Crippen molar-refractivity contribution in [2.45, 2.75) is 32.8 Å². The lowest BCUT2D eigenvalue weighted by Crippen LogP contribution is -2.27. The Hall–Kier alpha value is -3.02. The van der Waals surface area contributed by atoms with E-state index in [0.717, 1.165) is 5.56 Å². The number of benzene rings is 2. The molecule has 0 spiro atoms. The molecule has 0 bridgehead atoms. The van der Waals surface area contributed by atoms with Crippen molar-refractivity contribution in [3.63, 3.8) is 0 Å². The summed E-state index contributed by atoms with van der Waals surface area (Å²) >= 11 is 0. The number of carbonyl (C=O) groups is 2. The highest BCUT2D eigenvalue weighted by molar-refractivity contribution is 5.93. The van der Waals surface area contributed by atoms with E-state index in [0.29, 0.717) is 17.1 Å². The molecule has 6 heteroatoms. The second kappa shape index (κ2) is 8.38. The topological polar surface area (TPSA) is 76.7 Å². The second-order valence-corrected chi connectivity index (χ2v) is 6.75. The van der Waals surface area contributed by atoms with Crippen LogP contribution in [0.4, 0.5) is 16.2 Å². The molecular formula is C20H24N2O4. The van der Waals surface area contributed by atoms with E-state index in [4.69, 9.17) is 9.47 Å². The Kier molecular flexibility index (Phi) is 6.22. The number of ether oxygens (including phenoxy) is 2. The van der Waals surface area contributed by atoms with Crippen LogP contribution >= 0.6 is 0 Å². The van der Waals surface area contributed by atoms with Crippen molar-refractivity contribution in [1.82, 2.24) is 0 Å². The molecule has 0 aliphatic rings. The summed E-state index contributed by atoms with van der Waals surface area (Å²) in [6.45, 7) is 5.40. The van der Waals surface area contributed by atoms with E-state index in [9.17, 15) is 9.59 Å². The highest BCUT2D eigenvalue weighted by Crippen LogP contribution is 2.23. The first kappa shape index (κ1) is 19.3. The van der Waals surface area contributed by atoms with Gasteiger partial charge in [-0.05, 0) is 50.6 Å². The number of anilines is 2. The number of rotatable bonds is 5. The largest absolute Gasteiger partial charge is 0.495 e. The Morgan fingerprint density at radius 1 is 0.962 bits per heavy atom. The molecule has 0 heterocycles. The lowest BCUT2D eigenvalue weighted by Gasteiger charge is -2.19. The molecule has 2 aromatic rings. The quantitative estimate of drug-likeness (QED) is 0.841. The van der Waals surface area contributed by atoms with Gasteiger partial charge in [0.15, 0.2) is 0 Å². The molecule has 2 rings (SSSR count). The van der Waals surface area contributed by atoms with Gasteiger partial charge in [-0.15, -0.1) is 0 Å². The average molecular weight is 356 g/mol. The summed E-state index contributed by atoms with van der Waals surface area (Å²) in [7, 11) is 1.56. The summed E-state index contributed by atoms with van der Waals surface area (Å²) in [5.41, 5.74) is 1.50. The first-order chi connectivity index (χ1) is 12.3. The van der Waals surface area contributed by atoms with E-state index >= 15 is 0 Å². The van der Waals surface area contributed by atoms with Gasteiger partial charge in [-0.3, -0.25) is 10.1 Å². The van der Waals surface area contributed by atoms with Gasteiger partial charge in [-0.25, -0.2) is 4.79 Å². The zero-order valence-corrected chi connectivity index (χ0v) is 15.5. The van der Waals surface area contributed by atoms with E-state index in [-0.39, 0.29) is 12.3 Å². The van der Waals surface area contributed by atoms with Crippen molar-refractivity contribution in [2.24, 2.45) is 0 Å². The van der Waals surface area contributed by atoms with Crippen LogP contribution < -0.4 is 15.4 Å². The monoisotopic (exact) mass is 356 g/mol. The van der Waals surface area contributed by atoms with Crippen LogP contribution in [0.3, 0.4) is 0 Å². The summed E-state index contributed by atoms with van der Waals surface area (Å²) in [5, 5.41) is 5.48. The van der Waals surface area contributed by atoms with Crippen LogP contribution in [0.2, 0.25) is 0 Å². The van der Waals surface area contributed by atoms with Crippen molar-refractivity contribution in [1.29, 1.82) is 0 Å². The van der Waals surface area contributed by atoms with E-state index in [1.54, 1.807) is 64.3 Å². The molecule has 0 aliphatic carbocycles. The number of para-hydroxylation sites is 2. The van der Waals surface area contributed by atoms with Crippen molar-refractivity contribution in [2.75, 3.05) is 17.7 Å². The van der Waals surface area contributed by atoms with Gasteiger partial charge in [0.25, 0.3) is 0 Å². The number of carbonyl (C=O) groups excluding carboxylic acids is 2. The molecule has 2 aromatic carbocycles. The second-order valence-electron chi connectivity index (χ2n) is 6.75. The highest BCUT2D eigenvalue weighted by atomic mass is 16.6. The lowest BCUT2D eigenvalue weighted by atomic mass is 10.1. The molecule has 0 radical (unpaired) electrons. The van der Waals surface area contributed by atoms with E-state index in [1.165, 1.54) is 0 Å². The zero-order valence-electron chi connectivity index (χ0n) is 15.5. The van der Waals surface area contributed by atoms with Gasteiger partial charge in [-0.2, -0.15) is 0 Å². The van der Waals surface area contributed by atoms with Crippen LogP contribution in [0.5, 0.6) is 5.75 Å². The Balaban J connectivity index is 1.92. The van der Waals surface area contributed by atoms with E-state index < -0.39 is 11.7 Å². The van der Waals surface area contributed by atoms with Gasteiger partial charge in [0.1, 0.15) is 11.4 Å². The molecule has 6 nitrogen and oxygen atoms in total. The predicted octanol–water partition coefficient (Wildman–Crippen LogP) is 4.22. The summed E-state index contributed by atoms with van der Waals surface area (Å²) < 4.78 is 10.4. The molecule has 0 aliphatic heterocycles. The smallest absolute Gasteiger partial charge is 0.412 e. The van der Waals surface area contributed by atoms with E-state index in [1.807, 2.05) is 12.1 Å². The number of hydrogen-bond acceptors (Lipinski definition) is 4. The van der Waals surface area contributed by atoms with Crippen LogP contribution in [0, 0.1) is 0 Å². The third-order valence-corrected chi connectivity index (χ3v) is 3.34. The molecule has 26 heavy (non-hydrogen) atoms. The van der Waals surface area contributed by atoms with Crippen LogP contribution in [0.1, 0.15) is 26.3 Å². The summed E-state index contributed by atoms with van der Waals surface area (Å²) in [5.74, 6) is 0.458. The van der Waals surface area contributed by atoms with Gasteiger partial charge < -0.3 is 14.8 Å². The third-order valence-electron chi connectivity index (χ3n) is 3.34. The highest BCUT2D eigenvalue weighted by Gasteiger charge is 2.16. The summed E-state index contributed by atoms with van der Waals surface area (Å²) in [6, 6.07) is 14.3. The lowest BCUT2D eigenvalue weighted by molar-refractivity contribution is -0.115. The van der Waals surface area contributed by atoms with Gasteiger partial charge in [0.2, 0.25) is 5.91 Å². The molecule has 0 saturated carbocycles. The maximum atomic E-state index is 12.2. The fraction of sp³-hybridized carbons (Fsp3) is 0.300. The molecule has 0 saturated heterocycles. The molecule has 0 aromatic heterocycles. The predicted molar refractivity (Wildman–Crippen MR) is 102 cm³/mol. The Bertz CT molecular complexity index is 764. The summed E-state index contributed by atoms with van der Waals surface area (Å²) in [4.78, 5) is 24.0. The van der Waals surface area contributed by atoms with Crippen molar-refractivity contribution >= 4 is 23.4 Å². The minimum Gasteiger partial charge on any atom is -0.495 e. The van der Waals surface area contributed by atoms with Gasteiger partial charge in [0, 0.05) is 5.69 Å². The SMILES string of the molecule is COc1ccccc1NC(=O)Cc1ccc(NC(=O)OC(C)(C)C)cc1. The van der Waals surface area contributed by atoms with Gasteiger partial charge >= 0.3 is 6.09 Å². The number of methoxy groups -OCH3 is 1. The van der Waals surface area contributed by atoms with Crippen molar-refractivity contribution in [3.05, 3.63) is 54.1 Å². The fourth-order valence-electron chi connectivity index (χ4n) is 2.26. The molecule has 2 amide bonds. The van der Waals surface area contributed by atoms with Crippen LogP contribution in [-0.4, -0.2) is 24.7 Å². The number of nitrogens with one attached hydrogen (secondary N) is 2. The van der Waals surface area contributed by atoms with E-state index in [2.05, 4.69) is 10.6 Å². The standard InChI is InChI=1S/C20H24N2O4/c1-20(2,3)26-19(24)21-15-11-9-14(10-12-15)13-18(23)22-16-7-5-6-8-17(16)25-4/h5-12H,13H2,1-4H3,(H,21,24)(H,22,23). The van der Waals surface area contributed by atoms with Crippen LogP contribution in [0.25, 0.3) is 0 Å². The first-order valence-corrected chi connectivity index (χ1v) is 8.28. The minimum absolute atomic E-state index is 0.151. The molecule has 2 N–H and O–H groups in total. The fourth-order valence-corrected chi connectivity index (χ4v) is 2.26. The number of amides is 2. The Morgan fingerprint density at radius 3 is 2.23 bits per heavy atom. The molecule has 138 valence electrons. The number of hydrogen-bond donors (Lipinski definition) is 2. The first-order valence-electron chi connectivity index (χ1n) is 8.28. The average Bonchev–Trinajstić information content (AvgIpc) is 2.55. The van der Waals surface area contributed by atoms with Gasteiger partial charge in [-0.1, -0.05) is 24.3 Å². The summed E-state index contributed by atoms with van der Waals surface area (Å²) in [6.07, 6.45) is -0.302. The third kappa shape index (κ3) is 6.12. The van der Waals surface area contributed by atoms with Gasteiger partial charge in [0.05, 0.1) is 19.2 Å². The zero-order chi connectivity index (χ0) is 19.2. The minimum atomic E-state index is -0.555. The van der Waals surface area contributed by atoms with Crippen LogP contribution in [0.15, 0.2) is 48.5 Å². The van der Waals surface area contributed by atoms with Crippen molar-refractivity contribution in [3.8, 4) is 5.75 Å². The maximum Gasteiger partial charge on any atom is 0.412 e.